The number of nitriles is 1. The number of nitrogens with two attached hydrogens (primary N) is 1. The van der Waals surface area contributed by atoms with E-state index in [-0.39, 0.29) is 17.0 Å². The predicted octanol–water partition coefficient (Wildman–Crippen LogP) is 2.90. The number of nitrogens with one attached hydrogen (secondary N) is 2. The van der Waals surface area contributed by atoms with Gasteiger partial charge < -0.3 is 20.8 Å². The molecular weight excluding hydrogens is 374 g/mol. The molecule has 0 spiro atoms. The van der Waals surface area contributed by atoms with Gasteiger partial charge in [0.25, 0.3) is 5.56 Å². The summed E-state index contributed by atoms with van der Waals surface area (Å²) in [5.41, 5.74) is 7.28. The number of H-pyrrole nitrogens is 1. The molecule has 3 aromatic rings. The SMILES string of the molecule is CNc1nc2[nH]c(=O)c3c(c2s1)OC(N)=C(C#N)[C@@H]3c1ccc(Cl)cc1. The molecule has 9 heteroatoms. The van der Waals surface area contributed by atoms with Crippen molar-refractivity contribution in [2.75, 3.05) is 12.4 Å². The van der Waals surface area contributed by atoms with Crippen LogP contribution in [-0.2, 0) is 0 Å². The van der Waals surface area contributed by atoms with E-state index in [2.05, 4.69) is 21.4 Å². The first-order valence-corrected chi connectivity index (χ1v) is 8.80. The van der Waals surface area contributed by atoms with Crippen molar-refractivity contribution in [3.05, 3.63) is 62.2 Å². The van der Waals surface area contributed by atoms with Crippen LogP contribution in [0.15, 0.2) is 40.5 Å². The zero-order valence-corrected chi connectivity index (χ0v) is 15.0. The fraction of sp³-hybridized carbons (Fsp3) is 0.118. The lowest BCUT2D eigenvalue weighted by molar-refractivity contribution is 0.397. The summed E-state index contributed by atoms with van der Waals surface area (Å²) in [6.07, 6.45) is 0. The fourth-order valence-corrected chi connectivity index (χ4v) is 3.99. The number of hydrogen-bond acceptors (Lipinski definition) is 7. The maximum atomic E-state index is 12.8. The second-order valence-electron chi connectivity index (χ2n) is 5.62. The lowest BCUT2D eigenvalue weighted by atomic mass is 9.84. The first kappa shape index (κ1) is 16.4. The van der Waals surface area contributed by atoms with E-state index < -0.39 is 5.92 Å². The molecule has 3 heterocycles. The molecule has 1 aliphatic heterocycles. The van der Waals surface area contributed by atoms with Gasteiger partial charge in [-0.2, -0.15) is 5.26 Å². The lowest BCUT2D eigenvalue weighted by Crippen LogP contribution is -2.27. The van der Waals surface area contributed by atoms with E-state index in [9.17, 15) is 10.1 Å². The van der Waals surface area contributed by atoms with Gasteiger partial charge >= 0.3 is 0 Å². The van der Waals surface area contributed by atoms with Crippen LogP contribution >= 0.6 is 22.9 Å². The predicted molar refractivity (Wildman–Crippen MR) is 101 cm³/mol. The van der Waals surface area contributed by atoms with Gasteiger partial charge in [-0.15, -0.1) is 0 Å². The number of aromatic amines is 1. The van der Waals surface area contributed by atoms with Gasteiger partial charge in [-0.05, 0) is 17.7 Å². The monoisotopic (exact) mass is 385 g/mol. The van der Waals surface area contributed by atoms with Crippen LogP contribution in [0.3, 0.4) is 0 Å². The van der Waals surface area contributed by atoms with Crippen LogP contribution in [0.25, 0.3) is 10.3 Å². The van der Waals surface area contributed by atoms with E-state index in [0.29, 0.717) is 31.8 Å². The van der Waals surface area contributed by atoms with Gasteiger partial charge in [0.1, 0.15) is 16.3 Å². The molecule has 0 unspecified atom stereocenters. The molecule has 1 atom stereocenters. The number of thiazole rings is 1. The van der Waals surface area contributed by atoms with Crippen LogP contribution in [0.4, 0.5) is 5.13 Å². The number of aromatic nitrogens is 2. The highest BCUT2D eigenvalue weighted by atomic mass is 35.5. The quantitative estimate of drug-likeness (QED) is 0.624. The van der Waals surface area contributed by atoms with Crippen molar-refractivity contribution in [3.63, 3.8) is 0 Å². The summed E-state index contributed by atoms with van der Waals surface area (Å²) in [4.78, 5) is 19.9. The number of benzene rings is 1. The lowest BCUT2D eigenvalue weighted by Gasteiger charge is -2.25. The molecule has 4 rings (SSSR count). The summed E-state index contributed by atoms with van der Waals surface area (Å²) >= 11 is 7.30. The summed E-state index contributed by atoms with van der Waals surface area (Å²) in [6, 6.07) is 9.01. The van der Waals surface area contributed by atoms with Crippen LogP contribution in [0.2, 0.25) is 5.02 Å². The van der Waals surface area contributed by atoms with E-state index in [1.54, 1.807) is 31.3 Å². The van der Waals surface area contributed by atoms with Crippen molar-refractivity contribution in [1.82, 2.24) is 9.97 Å². The van der Waals surface area contributed by atoms with Gasteiger partial charge in [-0.1, -0.05) is 35.1 Å². The number of halogens is 1. The first-order chi connectivity index (χ1) is 12.5. The molecule has 4 N–H and O–H groups in total. The topological polar surface area (TPSA) is 117 Å². The molecule has 0 fully saturated rings. The summed E-state index contributed by atoms with van der Waals surface area (Å²) < 4.78 is 6.35. The maximum Gasteiger partial charge on any atom is 0.257 e. The minimum absolute atomic E-state index is 0.0220. The van der Waals surface area contributed by atoms with Gasteiger partial charge in [-0.3, -0.25) is 4.79 Å². The van der Waals surface area contributed by atoms with Crippen molar-refractivity contribution in [2.24, 2.45) is 5.73 Å². The minimum atomic E-state index is -0.644. The second kappa shape index (κ2) is 6.05. The number of ether oxygens (including phenoxy) is 1. The smallest absolute Gasteiger partial charge is 0.257 e. The average molecular weight is 386 g/mol. The molecule has 1 aliphatic rings. The Balaban J connectivity index is 2.05. The van der Waals surface area contributed by atoms with Crippen LogP contribution in [-0.4, -0.2) is 17.0 Å². The second-order valence-corrected chi connectivity index (χ2v) is 7.06. The van der Waals surface area contributed by atoms with E-state index in [0.717, 1.165) is 5.56 Å². The van der Waals surface area contributed by atoms with Crippen LogP contribution < -0.4 is 21.3 Å². The summed E-state index contributed by atoms with van der Waals surface area (Å²) in [5.74, 6) is -0.334. The maximum absolute atomic E-state index is 12.8. The molecule has 7 nitrogen and oxygen atoms in total. The molecule has 0 aliphatic carbocycles. The molecule has 0 radical (unpaired) electrons. The van der Waals surface area contributed by atoms with Crippen molar-refractivity contribution in [1.29, 1.82) is 5.26 Å². The van der Waals surface area contributed by atoms with Crippen molar-refractivity contribution < 1.29 is 4.74 Å². The number of pyridine rings is 1. The molecule has 130 valence electrons. The Morgan fingerprint density at radius 2 is 2.15 bits per heavy atom. The largest absolute Gasteiger partial charge is 0.438 e. The summed E-state index contributed by atoms with van der Waals surface area (Å²) in [7, 11) is 1.74. The van der Waals surface area contributed by atoms with Gasteiger partial charge in [0.05, 0.1) is 11.5 Å². The number of rotatable bonds is 2. The Kier molecular flexibility index (Phi) is 3.83. The Morgan fingerprint density at radius 1 is 1.42 bits per heavy atom. The Morgan fingerprint density at radius 3 is 2.81 bits per heavy atom. The minimum Gasteiger partial charge on any atom is -0.438 e. The normalized spacial score (nSPS) is 16.1. The molecule has 0 saturated carbocycles. The highest BCUT2D eigenvalue weighted by molar-refractivity contribution is 7.22. The van der Waals surface area contributed by atoms with E-state index in [1.807, 2.05) is 0 Å². The van der Waals surface area contributed by atoms with Gasteiger partial charge in [0.2, 0.25) is 5.88 Å². The molecular formula is C17H12ClN5O2S. The number of nitrogens with zero attached hydrogens (tertiary/aromatic N) is 2. The number of anilines is 1. The molecule has 2 aromatic heterocycles. The van der Waals surface area contributed by atoms with Crippen LogP contribution in [0.1, 0.15) is 17.0 Å². The van der Waals surface area contributed by atoms with Gasteiger partial charge in [-0.25, -0.2) is 4.98 Å². The van der Waals surface area contributed by atoms with Crippen molar-refractivity contribution in [2.45, 2.75) is 5.92 Å². The highest BCUT2D eigenvalue weighted by Crippen LogP contribution is 2.45. The third-order valence-electron chi connectivity index (χ3n) is 4.15. The highest BCUT2D eigenvalue weighted by Gasteiger charge is 2.35. The Labute approximate surface area is 156 Å². The zero-order chi connectivity index (χ0) is 18.4. The molecule has 1 aromatic carbocycles. The standard InChI is InChI=1S/C17H12ClN5O2S/c1-21-17-23-15-13(26-17)12-11(16(24)22-15)10(9(6-19)14(20)25-12)7-2-4-8(18)5-3-7/h2-5,10H,20H2,1H3,(H2,21,22,23,24)/t10-/m0/s1. The van der Waals surface area contributed by atoms with Gasteiger partial charge in [0.15, 0.2) is 16.5 Å². The Bertz CT molecular complexity index is 1160. The van der Waals surface area contributed by atoms with Crippen LogP contribution in [0.5, 0.6) is 5.75 Å². The van der Waals surface area contributed by atoms with Crippen molar-refractivity contribution >= 4 is 38.4 Å². The van der Waals surface area contributed by atoms with Crippen LogP contribution in [0, 0.1) is 11.3 Å². The number of allylic oxidation sites excluding steroid dienone is 1. The van der Waals surface area contributed by atoms with E-state index >= 15 is 0 Å². The summed E-state index contributed by atoms with van der Waals surface area (Å²) in [5, 5.41) is 13.7. The fourth-order valence-electron chi connectivity index (χ4n) is 2.99. The third kappa shape index (κ3) is 2.41. The average Bonchev–Trinajstić information content (AvgIpc) is 3.04. The Hall–Kier alpha value is -3.02. The van der Waals surface area contributed by atoms with E-state index in [1.165, 1.54) is 11.3 Å². The van der Waals surface area contributed by atoms with Gasteiger partial charge in [0, 0.05) is 12.1 Å². The summed E-state index contributed by atoms with van der Waals surface area (Å²) in [6.45, 7) is 0. The third-order valence-corrected chi connectivity index (χ3v) is 5.47. The number of hydrogen-bond donors (Lipinski definition) is 3. The van der Waals surface area contributed by atoms with Crippen molar-refractivity contribution in [3.8, 4) is 11.8 Å². The molecule has 0 amide bonds. The first-order valence-electron chi connectivity index (χ1n) is 7.61. The number of fused-ring (bicyclic) bond motifs is 3. The molecule has 0 saturated heterocycles. The van der Waals surface area contributed by atoms with E-state index in [4.69, 9.17) is 22.1 Å². The molecule has 26 heavy (non-hydrogen) atoms. The molecule has 0 bridgehead atoms. The zero-order valence-electron chi connectivity index (χ0n) is 13.5.